The SMILES string of the molecule is CNCc1cc(C)ccc1N1CCC(N2CCOCC2)C1. The van der Waals surface area contributed by atoms with Gasteiger partial charge in [-0.2, -0.15) is 0 Å². The summed E-state index contributed by atoms with van der Waals surface area (Å²) >= 11 is 0. The van der Waals surface area contributed by atoms with Crippen molar-refractivity contribution in [2.45, 2.75) is 25.9 Å². The van der Waals surface area contributed by atoms with Crippen LogP contribution in [-0.4, -0.2) is 57.4 Å². The Morgan fingerprint density at radius 2 is 2.05 bits per heavy atom. The van der Waals surface area contributed by atoms with Gasteiger partial charge in [-0.05, 0) is 32.0 Å². The first-order valence-electron chi connectivity index (χ1n) is 8.09. The van der Waals surface area contributed by atoms with Gasteiger partial charge < -0.3 is 15.0 Å². The zero-order chi connectivity index (χ0) is 14.7. The second-order valence-electron chi connectivity index (χ2n) is 6.20. The van der Waals surface area contributed by atoms with Crippen LogP contribution in [0.25, 0.3) is 0 Å². The van der Waals surface area contributed by atoms with Crippen molar-refractivity contribution >= 4 is 5.69 Å². The first kappa shape index (κ1) is 14.8. The number of morpholine rings is 1. The van der Waals surface area contributed by atoms with Crippen LogP contribution in [0.3, 0.4) is 0 Å². The summed E-state index contributed by atoms with van der Waals surface area (Å²) in [6.45, 7) is 9.41. The highest BCUT2D eigenvalue weighted by atomic mass is 16.5. The normalized spacial score (nSPS) is 23.7. The molecule has 1 atom stereocenters. The number of nitrogens with one attached hydrogen (secondary N) is 1. The Hall–Kier alpha value is -1.10. The minimum atomic E-state index is 0.692. The van der Waals surface area contributed by atoms with E-state index in [-0.39, 0.29) is 0 Å². The molecule has 0 bridgehead atoms. The monoisotopic (exact) mass is 289 g/mol. The molecule has 4 heteroatoms. The number of ether oxygens (including phenoxy) is 1. The van der Waals surface area contributed by atoms with Gasteiger partial charge >= 0.3 is 0 Å². The van der Waals surface area contributed by atoms with Gasteiger partial charge in [0.25, 0.3) is 0 Å². The van der Waals surface area contributed by atoms with Gasteiger partial charge in [0.05, 0.1) is 13.2 Å². The van der Waals surface area contributed by atoms with Gasteiger partial charge in [0.15, 0.2) is 0 Å². The number of anilines is 1. The number of hydrogen-bond acceptors (Lipinski definition) is 4. The number of aryl methyl sites for hydroxylation is 1. The van der Waals surface area contributed by atoms with E-state index in [0.29, 0.717) is 6.04 Å². The van der Waals surface area contributed by atoms with Crippen LogP contribution in [0.15, 0.2) is 18.2 Å². The fraction of sp³-hybridized carbons (Fsp3) is 0.647. The van der Waals surface area contributed by atoms with Gasteiger partial charge in [-0.3, -0.25) is 4.90 Å². The first-order chi connectivity index (χ1) is 10.3. The lowest BCUT2D eigenvalue weighted by molar-refractivity contribution is 0.0209. The smallest absolute Gasteiger partial charge is 0.0594 e. The van der Waals surface area contributed by atoms with E-state index in [1.54, 1.807) is 0 Å². The van der Waals surface area contributed by atoms with Crippen LogP contribution in [0.5, 0.6) is 0 Å². The Morgan fingerprint density at radius 3 is 2.81 bits per heavy atom. The molecule has 2 heterocycles. The molecule has 1 aromatic carbocycles. The van der Waals surface area contributed by atoms with Crippen molar-refractivity contribution in [3.63, 3.8) is 0 Å². The number of benzene rings is 1. The molecule has 116 valence electrons. The van der Waals surface area contributed by atoms with E-state index in [1.165, 1.54) is 29.8 Å². The van der Waals surface area contributed by atoms with Crippen molar-refractivity contribution < 1.29 is 4.74 Å². The maximum atomic E-state index is 5.47. The summed E-state index contributed by atoms with van der Waals surface area (Å²) in [5.41, 5.74) is 4.17. The van der Waals surface area contributed by atoms with E-state index in [0.717, 1.165) is 39.4 Å². The molecule has 2 saturated heterocycles. The summed E-state index contributed by atoms with van der Waals surface area (Å²) in [6, 6.07) is 7.53. The summed E-state index contributed by atoms with van der Waals surface area (Å²) < 4.78 is 5.47. The molecule has 0 amide bonds. The molecule has 21 heavy (non-hydrogen) atoms. The molecule has 4 nitrogen and oxygen atoms in total. The fourth-order valence-electron chi connectivity index (χ4n) is 3.56. The predicted molar refractivity (Wildman–Crippen MR) is 87.0 cm³/mol. The van der Waals surface area contributed by atoms with Crippen molar-refractivity contribution in [1.29, 1.82) is 0 Å². The van der Waals surface area contributed by atoms with Crippen molar-refractivity contribution in [2.75, 3.05) is 51.3 Å². The average Bonchev–Trinajstić information content (AvgIpc) is 2.98. The number of rotatable bonds is 4. The Morgan fingerprint density at radius 1 is 1.24 bits per heavy atom. The third-order valence-corrected chi connectivity index (χ3v) is 4.67. The van der Waals surface area contributed by atoms with Crippen LogP contribution >= 0.6 is 0 Å². The molecular weight excluding hydrogens is 262 g/mol. The molecule has 2 fully saturated rings. The van der Waals surface area contributed by atoms with Gasteiger partial charge in [-0.25, -0.2) is 0 Å². The Balaban J connectivity index is 1.70. The summed E-state index contributed by atoms with van der Waals surface area (Å²) in [6.07, 6.45) is 1.27. The zero-order valence-corrected chi connectivity index (χ0v) is 13.3. The van der Waals surface area contributed by atoms with Crippen LogP contribution in [0, 0.1) is 6.92 Å². The van der Waals surface area contributed by atoms with E-state index < -0.39 is 0 Å². The average molecular weight is 289 g/mol. The van der Waals surface area contributed by atoms with Crippen LogP contribution in [0.1, 0.15) is 17.5 Å². The topological polar surface area (TPSA) is 27.7 Å². The lowest BCUT2D eigenvalue weighted by Crippen LogP contribution is -2.44. The lowest BCUT2D eigenvalue weighted by Gasteiger charge is -2.32. The van der Waals surface area contributed by atoms with Gasteiger partial charge in [-0.1, -0.05) is 17.7 Å². The summed E-state index contributed by atoms with van der Waals surface area (Å²) in [5, 5.41) is 3.30. The molecule has 0 aliphatic carbocycles. The third-order valence-electron chi connectivity index (χ3n) is 4.67. The largest absolute Gasteiger partial charge is 0.379 e. The Labute approximate surface area is 128 Å². The summed E-state index contributed by atoms with van der Waals surface area (Å²) in [4.78, 5) is 5.17. The van der Waals surface area contributed by atoms with Crippen molar-refractivity contribution in [2.24, 2.45) is 0 Å². The van der Waals surface area contributed by atoms with Crippen LogP contribution in [0.4, 0.5) is 5.69 Å². The van der Waals surface area contributed by atoms with Crippen molar-refractivity contribution in [1.82, 2.24) is 10.2 Å². The molecule has 3 rings (SSSR count). The first-order valence-corrected chi connectivity index (χ1v) is 8.09. The molecule has 0 spiro atoms. The molecule has 1 aromatic rings. The van der Waals surface area contributed by atoms with E-state index in [9.17, 15) is 0 Å². The van der Waals surface area contributed by atoms with E-state index in [4.69, 9.17) is 4.74 Å². The molecule has 0 saturated carbocycles. The second kappa shape index (κ2) is 6.77. The maximum Gasteiger partial charge on any atom is 0.0594 e. The predicted octanol–water partition coefficient (Wildman–Crippen LogP) is 1.63. The fourth-order valence-corrected chi connectivity index (χ4v) is 3.56. The summed E-state index contributed by atoms with van der Waals surface area (Å²) in [5.74, 6) is 0. The van der Waals surface area contributed by atoms with Crippen LogP contribution in [-0.2, 0) is 11.3 Å². The van der Waals surface area contributed by atoms with Gasteiger partial charge in [0.1, 0.15) is 0 Å². The minimum absolute atomic E-state index is 0.692. The maximum absolute atomic E-state index is 5.47. The van der Waals surface area contributed by atoms with Gasteiger partial charge in [0, 0.05) is 44.5 Å². The summed E-state index contributed by atoms with van der Waals surface area (Å²) in [7, 11) is 2.02. The van der Waals surface area contributed by atoms with Crippen molar-refractivity contribution in [3.05, 3.63) is 29.3 Å². The van der Waals surface area contributed by atoms with Crippen LogP contribution in [0.2, 0.25) is 0 Å². The van der Waals surface area contributed by atoms with E-state index in [1.807, 2.05) is 7.05 Å². The van der Waals surface area contributed by atoms with Gasteiger partial charge in [0.2, 0.25) is 0 Å². The van der Waals surface area contributed by atoms with Gasteiger partial charge in [-0.15, -0.1) is 0 Å². The highest BCUT2D eigenvalue weighted by Gasteiger charge is 2.29. The zero-order valence-electron chi connectivity index (χ0n) is 13.3. The lowest BCUT2D eigenvalue weighted by atomic mass is 10.1. The molecule has 1 unspecified atom stereocenters. The van der Waals surface area contributed by atoms with Crippen molar-refractivity contribution in [3.8, 4) is 0 Å². The van der Waals surface area contributed by atoms with Crippen LogP contribution < -0.4 is 10.2 Å². The number of nitrogens with zero attached hydrogens (tertiary/aromatic N) is 2. The molecular formula is C17H27N3O. The third kappa shape index (κ3) is 3.39. The molecule has 2 aliphatic rings. The minimum Gasteiger partial charge on any atom is -0.379 e. The van der Waals surface area contributed by atoms with E-state index >= 15 is 0 Å². The highest BCUT2D eigenvalue weighted by Crippen LogP contribution is 2.27. The molecule has 1 N–H and O–H groups in total. The Kier molecular flexibility index (Phi) is 4.78. The molecule has 0 aromatic heterocycles. The quantitative estimate of drug-likeness (QED) is 0.912. The molecule has 2 aliphatic heterocycles. The highest BCUT2D eigenvalue weighted by molar-refractivity contribution is 5.56. The number of hydrogen-bond donors (Lipinski definition) is 1. The van der Waals surface area contributed by atoms with E-state index in [2.05, 4.69) is 40.2 Å². The second-order valence-corrected chi connectivity index (χ2v) is 6.20. The molecule has 0 radical (unpaired) electrons. The standard InChI is InChI=1S/C17H27N3O/c1-14-3-4-17(15(11-14)12-18-2)20-6-5-16(13-20)19-7-9-21-10-8-19/h3-4,11,16,18H,5-10,12-13H2,1-2H3. The Bertz CT molecular complexity index is 471.